The molecule has 1 amide bonds. The van der Waals surface area contributed by atoms with E-state index < -0.39 is 15.9 Å². The summed E-state index contributed by atoms with van der Waals surface area (Å²) in [5, 5.41) is 4.01. The van der Waals surface area contributed by atoms with Gasteiger partial charge in [0.1, 0.15) is 0 Å². The van der Waals surface area contributed by atoms with Crippen LogP contribution in [-0.4, -0.2) is 19.3 Å². The number of nitrogens with two attached hydrogens (primary N) is 2. The molecule has 0 saturated heterocycles. The molecule has 12 heteroatoms. The van der Waals surface area contributed by atoms with Gasteiger partial charge in [-0.15, -0.1) is 0 Å². The molecule has 0 saturated carbocycles. The molecule has 0 radical (unpaired) electrons. The second-order valence-corrected chi connectivity index (χ2v) is 9.74. The van der Waals surface area contributed by atoms with E-state index in [1.807, 2.05) is 30.3 Å². The van der Waals surface area contributed by atoms with Gasteiger partial charge in [0.2, 0.25) is 0 Å². The van der Waals surface area contributed by atoms with E-state index in [9.17, 15) is 13.2 Å². The minimum Gasteiger partial charge on any atom is -0.268 e. The number of benzene rings is 3. The molecule has 1 heterocycles. The second kappa shape index (κ2) is 11.4. The van der Waals surface area contributed by atoms with Crippen molar-refractivity contribution in [3.63, 3.8) is 0 Å². The van der Waals surface area contributed by atoms with Crippen LogP contribution in [0.2, 0.25) is 0 Å². The molecule has 0 spiro atoms. The van der Waals surface area contributed by atoms with Crippen LogP contribution >= 0.6 is 0 Å². The van der Waals surface area contributed by atoms with Crippen molar-refractivity contribution in [1.29, 1.82) is 5.53 Å². The summed E-state index contributed by atoms with van der Waals surface area (Å²) in [5.74, 6) is 11.3. The molecule has 0 aliphatic carbocycles. The molecule has 4 aromatic rings. The Labute approximate surface area is 219 Å². The van der Waals surface area contributed by atoms with Crippen molar-refractivity contribution in [3.05, 3.63) is 109 Å². The lowest BCUT2D eigenvalue weighted by atomic mass is 10.1. The third kappa shape index (κ3) is 5.73. The molecule has 0 fully saturated rings. The fraction of sp³-hybridized carbons (Fsp3) is 0. The number of pyridine rings is 1. The van der Waals surface area contributed by atoms with Gasteiger partial charge in [-0.3, -0.25) is 10.2 Å². The minimum absolute atomic E-state index is 0.000194. The number of aromatic nitrogens is 1. The Morgan fingerprint density at radius 3 is 2.21 bits per heavy atom. The number of carbonyl (C=O) groups excluding carboxylic acids is 1. The summed E-state index contributed by atoms with van der Waals surface area (Å²) in [6.07, 6.45) is 4.08. The fourth-order valence-corrected chi connectivity index (χ4v) is 4.58. The first-order valence-corrected chi connectivity index (χ1v) is 12.6. The number of nitrogens with one attached hydrogen (secondary N) is 2. The number of hydrazine groups is 2. The largest absolute Gasteiger partial charge is 0.278 e. The van der Waals surface area contributed by atoms with Gasteiger partial charge >= 0.3 is 0 Å². The van der Waals surface area contributed by atoms with Gasteiger partial charge in [0.25, 0.3) is 15.9 Å². The van der Waals surface area contributed by atoms with E-state index in [1.165, 1.54) is 36.5 Å². The lowest BCUT2D eigenvalue weighted by molar-refractivity contribution is -0.114. The fourth-order valence-electron chi connectivity index (χ4n) is 3.52. The third-order valence-corrected chi connectivity index (χ3v) is 7.08. The molecule has 1 aromatic heterocycles. The number of amides is 1. The average molecular weight is 529 g/mol. The van der Waals surface area contributed by atoms with Crippen molar-refractivity contribution < 1.29 is 13.2 Å². The smallest absolute Gasteiger partial charge is 0.268 e. The zero-order valence-electron chi connectivity index (χ0n) is 20.0. The van der Waals surface area contributed by atoms with E-state index in [4.69, 9.17) is 17.2 Å². The number of carbonyl (C=O) groups is 1. The Kier molecular flexibility index (Phi) is 7.87. The summed E-state index contributed by atoms with van der Waals surface area (Å²) in [6.45, 7) is 0. The van der Waals surface area contributed by atoms with E-state index >= 15 is 0 Å². The third-order valence-electron chi connectivity index (χ3n) is 5.51. The topological polar surface area (TPSA) is 171 Å². The number of hydrogen-bond donors (Lipinski definition) is 4. The van der Waals surface area contributed by atoms with E-state index in [2.05, 4.69) is 15.6 Å². The Morgan fingerprint density at radius 1 is 0.895 bits per heavy atom. The maximum atomic E-state index is 13.0. The Bertz CT molecular complexity index is 1560. The van der Waals surface area contributed by atoms with Gasteiger partial charge < -0.3 is 0 Å². The van der Waals surface area contributed by atoms with Crippen molar-refractivity contribution in [1.82, 2.24) is 4.98 Å². The van der Waals surface area contributed by atoms with E-state index in [0.29, 0.717) is 21.4 Å². The van der Waals surface area contributed by atoms with Crippen molar-refractivity contribution in [2.45, 2.75) is 4.90 Å². The molecule has 192 valence electrons. The van der Waals surface area contributed by atoms with Gasteiger partial charge in [-0.1, -0.05) is 59.8 Å². The van der Waals surface area contributed by atoms with Crippen molar-refractivity contribution >= 4 is 39.2 Å². The summed E-state index contributed by atoms with van der Waals surface area (Å²) in [4.78, 5) is 16.7. The van der Waals surface area contributed by atoms with E-state index in [0.717, 1.165) is 16.1 Å². The summed E-state index contributed by atoms with van der Waals surface area (Å²) < 4.78 is 26.7. The monoisotopic (exact) mass is 528 g/mol. The normalized spacial score (nSPS) is 11.2. The highest BCUT2D eigenvalue weighted by molar-refractivity contribution is 7.92. The summed E-state index contributed by atoms with van der Waals surface area (Å²) >= 11 is 0. The van der Waals surface area contributed by atoms with Gasteiger partial charge in [0.15, 0.2) is 5.82 Å². The Morgan fingerprint density at radius 2 is 1.55 bits per heavy atom. The quantitative estimate of drug-likeness (QED) is 0.0832. The molecule has 0 unspecified atom stereocenters. The van der Waals surface area contributed by atoms with Gasteiger partial charge in [-0.2, -0.15) is 18.4 Å². The molecule has 11 nitrogen and oxygen atoms in total. The van der Waals surface area contributed by atoms with Gasteiger partial charge in [-0.25, -0.2) is 21.7 Å². The van der Waals surface area contributed by atoms with Crippen LogP contribution in [0, 0.1) is 5.53 Å². The SMILES string of the molecule is N=NNc1ccccc1N(N)C(=O)/C=C/c1ccc(N(N)S(=O)(=O)c2ccc(-c3ccccc3)cc2)nc1. The lowest BCUT2D eigenvalue weighted by Crippen LogP contribution is -2.38. The molecule has 3 aromatic carbocycles. The van der Waals surface area contributed by atoms with Gasteiger partial charge in [0, 0.05) is 12.3 Å². The highest BCUT2D eigenvalue weighted by Gasteiger charge is 2.23. The van der Waals surface area contributed by atoms with Crippen LogP contribution in [0.5, 0.6) is 0 Å². The van der Waals surface area contributed by atoms with E-state index in [1.54, 1.807) is 42.5 Å². The summed E-state index contributed by atoms with van der Waals surface area (Å²) in [7, 11) is -4.05. The molecule has 0 atom stereocenters. The van der Waals surface area contributed by atoms with Gasteiger partial charge in [-0.05, 0) is 59.2 Å². The summed E-state index contributed by atoms with van der Waals surface area (Å²) in [5.41, 5.74) is 12.5. The van der Waals surface area contributed by atoms with Crippen LogP contribution in [-0.2, 0) is 14.8 Å². The Hall–Kier alpha value is -4.91. The highest BCUT2D eigenvalue weighted by Crippen LogP contribution is 2.25. The summed E-state index contributed by atoms with van der Waals surface area (Å²) in [6, 6.07) is 25.6. The van der Waals surface area contributed by atoms with Crippen molar-refractivity contribution in [2.24, 2.45) is 16.9 Å². The number of sulfonamides is 1. The van der Waals surface area contributed by atoms with Crippen LogP contribution in [0.15, 0.2) is 113 Å². The number of rotatable bonds is 9. The molecular weight excluding hydrogens is 504 g/mol. The maximum absolute atomic E-state index is 13.0. The van der Waals surface area contributed by atoms with Crippen LogP contribution in [0.1, 0.15) is 5.56 Å². The standard InChI is InChI=1S/C26H24N8O3S/c27-32-31-23-8-4-5-9-24(23)33(28)26(35)17-11-19-10-16-25(30-18-19)34(29)38(36,37)22-14-12-21(13-15-22)20-6-2-1-3-7-20/h1-18H,28-29H2,(H2,27,31)/b17-11+. The van der Waals surface area contributed by atoms with Crippen molar-refractivity contribution in [3.8, 4) is 11.1 Å². The molecular formula is C26H24N8O3S. The molecule has 4 rings (SSSR count). The molecule has 0 bridgehead atoms. The maximum Gasteiger partial charge on any atom is 0.278 e. The van der Waals surface area contributed by atoms with Crippen LogP contribution in [0.25, 0.3) is 17.2 Å². The minimum atomic E-state index is -4.05. The molecule has 6 N–H and O–H groups in total. The molecule has 38 heavy (non-hydrogen) atoms. The predicted molar refractivity (Wildman–Crippen MR) is 146 cm³/mol. The first kappa shape index (κ1) is 26.2. The zero-order chi connectivity index (χ0) is 27.1. The zero-order valence-corrected chi connectivity index (χ0v) is 20.8. The van der Waals surface area contributed by atoms with Gasteiger partial charge in [0.05, 0.1) is 16.3 Å². The number of anilines is 3. The van der Waals surface area contributed by atoms with E-state index in [-0.39, 0.29) is 10.7 Å². The second-order valence-electron chi connectivity index (χ2n) is 7.92. The molecule has 0 aliphatic rings. The lowest BCUT2D eigenvalue weighted by Gasteiger charge is -2.18. The van der Waals surface area contributed by atoms with Crippen molar-refractivity contribution in [2.75, 3.05) is 14.8 Å². The Balaban J connectivity index is 1.45. The predicted octanol–water partition coefficient (Wildman–Crippen LogP) is 4.10. The number of hydrogen-bond acceptors (Lipinski definition) is 8. The first-order chi connectivity index (χ1) is 18.3. The number of para-hydroxylation sites is 2. The highest BCUT2D eigenvalue weighted by atomic mass is 32.2. The van der Waals surface area contributed by atoms with Crippen LogP contribution in [0.3, 0.4) is 0 Å². The number of nitrogens with zero attached hydrogens (tertiary/aromatic N) is 4. The average Bonchev–Trinajstić information content (AvgIpc) is 2.96. The van der Waals surface area contributed by atoms with Crippen LogP contribution in [0.4, 0.5) is 17.2 Å². The van der Waals surface area contributed by atoms with Crippen LogP contribution < -0.4 is 26.5 Å². The molecule has 0 aliphatic heterocycles. The first-order valence-electron chi connectivity index (χ1n) is 11.2.